The number of thiazole rings is 1. The standard InChI is InChI=1S/C16H13ClN2OS.C11H11N3OS/c1-9-4-3-5-12(17)15(9)19-16(20)11-6-7-13-14(8-11)21-10(2)18-13;1-8(15)12-6-9-2-4-10(5-3-9)11-7-16-14-13-11/h3-8H,1-2H3,(H,19,20);2-5,7H,6H2,1H3,(H,12,15). The van der Waals surface area contributed by atoms with Gasteiger partial charge < -0.3 is 10.6 Å². The lowest BCUT2D eigenvalue weighted by Crippen LogP contribution is -2.18. The number of hydrogen-bond acceptors (Lipinski definition) is 7. The Kier molecular flexibility index (Phi) is 8.60. The molecule has 0 bridgehead atoms. The summed E-state index contributed by atoms with van der Waals surface area (Å²) >= 11 is 9.05. The third kappa shape index (κ3) is 6.97. The van der Waals surface area contributed by atoms with Gasteiger partial charge in [0.1, 0.15) is 5.69 Å². The Morgan fingerprint density at radius 3 is 2.49 bits per heavy atom. The summed E-state index contributed by atoms with van der Waals surface area (Å²) in [5, 5.41) is 13.1. The van der Waals surface area contributed by atoms with Crippen LogP contribution in [0.3, 0.4) is 0 Å². The minimum absolute atomic E-state index is 0.0206. The average molecular weight is 550 g/mol. The van der Waals surface area contributed by atoms with E-state index in [9.17, 15) is 9.59 Å². The lowest BCUT2D eigenvalue weighted by Gasteiger charge is -2.10. The van der Waals surface area contributed by atoms with Crippen LogP contribution in [-0.4, -0.2) is 26.4 Å². The number of nitrogens with zero attached hydrogens (tertiary/aromatic N) is 3. The van der Waals surface area contributed by atoms with Crippen LogP contribution < -0.4 is 10.6 Å². The van der Waals surface area contributed by atoms with Crippen molar-refractivity contribution in [3.63, 3.8) is 0 Å². The zero-order chi connectivity index (χ0) is 26.4. The van der Waals surface area contributed by atoms with Gasteiger partial charge in [0.15, 0.2) is 0 Å². The number of para-hydroxylation sites is 1. The van der Waals surface area contributed by atoms with Gasteiger partial charge in [0, 0.05) is 30.0 Å². The molecule has 2 heterocycles. The van der Waals surface area contributed by atoms with Gasteiger partial charge in [-0.05, 0) is 60.8 Å². The number of aromatic nitrogens is 3. The molecule has 0 fully saturated rings. The monoisotopic (exact) mass is 549 g/mol. The normalized spacial score (nSPS) is 10.5. The van der Waals surface area contributed by atoms with Gasteiger partial charge >= 0.3 is 0 Å². The predicted octanol–water partition coefficient (Wildman–Crippen LogP) is 6.66. The van der Waals surface area contributed by atoms with Crippen LogP contribution in [-0.2, 0) is 11.3 Å². The first-order valence-electron chi connectivity index (χ1n) is 11.3. The van der Waals surface area contributed by atoms with Crippen molar-refractivity contribution in [2.75, 3.05) is 5.32 Å². The highest BCUT2D eigenvalue weighted by Gasteiger charge is 2.12. The number of benzene rings is 3. The summed E-state index contributed by atoms with van der Waals surface area (Å²) in [6, 6.07) is 19.0. The number of carbonyl (C=O) groups is 2. The zero-order valence-corrected chi connectivity index (χ0v) is 22.8. The van der Waals surface area contributed by atoms with Crippen LogP contribution in [0, 0.1) is 13.8 Å². The minimum Gasteiger partial charge on any atom is -0.352 e. The molecule has 10 heteroatoms. The first kappa shape index (κ1) is 26.4. The number of halogens is 1. The van der Waals surface area contributed by atoms with Crippen molar-refractivity contribution in [3.05, 3.63) is 92.8 Å². The molecule has 5 aromatic rings. The minimum atomic E-state index is -0.167. The molecule has 0 radical (unpaired) electrons. The maximum Gasteiger partial charge on any atom is 0.255 e. The lowest BCUT2D eigenvalue weighted by molar-refractivity contribution is -0.119. The molecule has 0 saturated heterocycles. The van der Waals surface area contributed by atoms with E-state index in [0.717, 1.165) is 37.6 Å². The Hall–Kier alpha value is -3.66. The van der Waals surface area contributed by atoms with E-state index in [0.29, 0.717) is 22.8 Å². The molecule has 0 atom stereocenters. The molecule has 0 aliphatic carbocycles. The Labute approximate surface area is 227 Å². The van der Waals surface area contributed by atoms with Crippen LogP contribution >= 0.6 is 34.5 Å². The van der Waals surface area contributed by atoms with Crippen molar-refractivity contribution in [3.8, 4) is 11.3 Å². The van der Waals surface area contributed by atoms with Gasteiger partial charge in [-0.1, -0.05) is 52.5 Å². The predicted molar refractivity (Wildman–Crippen MR) is 151 cm³/mol. The Bertz CT molecular complexity index is 1510. The molecular formula is C27H24ClN5O2S2. The number of carbonyl (C=O) groups excluding carboxylic acids is 2. The fraction of sp³-hybridized carbons (Fsp3) is 0.148. The van der Waals surface area contributed by atoms with Gasteiger partial charge in [0.2, 0.25) is 5.91 Å². The van der Waals surface area contributed by atoms with E-state index >= 15 is 0 Å². The largest absolute Gasteiger partial charge is 0.352 e. The molecule has 2 amide bonds. The molecular weight excluding hydrogens is 526 g/mol. The number of nitrogens with one attached hydrogen (secondary N) is 2. The van der Waals surface area contributed by atoms with E-state index in [1.165, 1.54) is 18.5 Å². The molecule has 3 aromatic carbocycles. The van der Waals surface area contributed by atoms with Crippen molar-refractivity contribution in [2.45, 2.75) is 27.3 Å². The maximum absolute atomic E-state index is 12.4. The van der Waals surface area contributed by atoms with E-state index in [2.05, 4.69) is 25.2 Å². The van der Waals surface area contributed by atoms with Crippen molar-refractivity contribution < 1.29 is 9.59 Å². The third-order valence-corrected chi connectivity index (χ3v) is 7.12. The second-order valence-electron chi connectivity index (χ2n) is 8.20. The van der Waals surface area contributed by atoms with Gasteiger partial charge in [0.05, 0.1) is 25.9 Å². The SMILES string of the molecule is CC(=O)NCc1ccc(-c2csnn2)cc1.Cc1nc2ccc(C(=O)Nc3c(C)cccc3Cl)cc2s1. The molecule has 188 valence electrons. The Balaban J connectivity index is 0.000000180. The molecule has 0 spiro atoms. The highest BCUT2D eigenvalue weighted by atomic mass is 35.5. The van der Waals surface area contributed by atoms with Crippen molar-refractivity contribution in [1.82, 2.24) is 19.9 Å². The van der Waals surface area contributed by atoms with Crippen LogP contribution in [0.5, 0.6) is 0 Å². The van der Waals surface area contributed by atoms with Crippen LogP contribution in [0.25, 0.3) is 21.5 Å². The second kappa shape index (κ2) is 12.1. The van der Waals surface area contributed by atoms with Gasteiger partial charge in [0.25, 0.3) is 5.91 Å². The van der Waals surface area contributed by atoms with Gasteiger partial charge in [-0.2, -0.15) is 0 Å². The van der Waals surface area contributed by atoms with Crippen molar-refractivity contribution >= 4 is 62.2 Å². The smallest absolute Gasteiger partial charge is 0.255 e. The zero-order valence-electron chi connectivity index (χ0n) is 20.4. The summed E-state index contributed by atoms with van der Waals surface area (Å²) in [5.74, 6) is -0.188. The summed E-state index contributed by atoms with van der Waals surface area (Å²) in [6.07, 6.45) is 0. The summed E-state index contributed by atoms with van der Waals surface area (Å²) in [6.45, 7) is 5.94. The summed E-state index contributed by atoms with van der Waals surface area (Å²) in [7, 11) is 0. The van der Waals surface area contributed by atoms with Gasteiger partial charge in [-0.25, -0.2) is 4.98 Å². The molecule has 2 N–H and O–H groups in total. The topological polar surface area (TPSA) is 96.9 Å². The lowest BCUT2D eigenvalue weighted by atomic mass is 10.1. The van der Waals surface area contributed by atoms with E-state index in [4.69, 9.17) is 11.6 Å². The number of anilines is 1. The van der Waals surface area contributed by atoms with Gasteiger partial charge in [-0.3, -0.25) is 9.59 Å². The number of rotatable bonds is 5. The average Bonchev–Trinajstić information content (AvgIpc) is 3.54. The molecule has 37 heavy (non-hydrogen) atoms. The van der Waals surface area contributed by atoms with E-state index in [1.807, 2.05) is 67.8 Å². The molecule has 0 saturated carbocycles. The molecule has 7 nitrogen and oxygen atoms in total. The van der Waals surface area contributed by atoms with Gasteiger partial charge in [-0.15, -0.1) is 16.4 Å². The fourth-order valence-corrected chi connectivity index (χ4v) is 5.07. The summed E-state index contributed by atoms with van der Waals surface area (Å²) in [4.78, 5) is 27.5. The summed E-state index contributed by atoms with van der Waals surface area (Å²) in [5.41, 5.74) is 6.11. The second-order valence-corrected chi connectivity index (χ2v) is 10.4. The van der Waals surface area contributed by atoms with E-state index in [1.54, 1.807) is 23.5 Å². The van der Waals surface area contributed by atoms with Crippen LogP contribution in [0.15, 0.2) is 66.0 Å². The maximum atomic E-state index is 12.4. The molecule has 0 unspecified atom stereocenters. The van der Waals surface area contributed by atoms with Crippen LogP contribution in [0.4, 0.5) is 5.69 Å². The van der Waals surface area contributed by atoms with Crippen molar-refractivity contribution in [1.29, 1.82) is 0 Å². The molecule has 0 aliphatic heterocycles. The Morgan fingerprint density at radius 2 is 1.81 bits per heavy atom. The van der Waals surface area contributed by atoms with E-state index < -0.39 is 0 Å². The third-order valence-electron chi connectivity index (χ3n) is 5.37. The Morgan fingerprint density at radius 1 is 1.03 bits per heavy atom. The molecule has 0 aliphatic rings. The summed E-state index contributed by atoms with van der Waals surface area (Å²) < 4.78 is 4.83. The van der Waals surface area contributed by atoms with E-state index in [-0.39, 0.29) is 11.8 Å². The molecule has 2 aromatic heterocycles. The van der Waals surface area contributed by atoms with Crippen molar-refractivity contribution in [2.24, 2.45) is 0 Å². The molecule has 5 rings (SSSR count). The highest BCUT2D eigenvalue weighted by molar-refractivity contribution is 7.18. The fourth-order valence-electron chi connectivity index (χ4n) is 3.47. The quantitative estimate of drug-likeness (QED) is 0.255. The van der Waals surface area contributed by atoms with Crippen LogP contribution in [0.2, 0.25) is 5.02 Å². The number of hydrogen-bond donors (Lipinski definition) is 2. The first-order valence-corrected chi connectivity index (χ1v) is 13.4. The number of fused-ring (bicyclic) bond motifs is 1. The highest BCUT2D eigenvalue weighted by Crippen LogP contribution is 2.27. The number of amides is 2. The number of aryl methyl sites for hydroxylation is 2. The van der Waals surface area contributed by atoms with Crippen LogP contribution in [0.1, 0.15) is 33.4 Å². The first-order chi connectivity index (χ1) is 17.8.